The third-order valence-corrected chi connectivity index (χ3v) is 5.23. The molecule has 3 atom stereocenters. The van der Waals surface area contributed by atoms with E-state index in [0.29, 0.717) is 24.6 Å². The number of hydrogen-bond acceptors (Lipinski definition) is 8. The topological polar surface area (TPSA) is 96.4 Å². The van der Waals surface area contributed by atoms with Crippen molar-refractivity contribution < 1.29 is 9.53 Å². The number of nitrogens with one attached hydrogen (secondary N) is 1. The number of rotatable bonds is 5. The molecule has 2 aliphatic rings. The van der Waals surface area contributed by atoms with E-state index in [4.69, 9.17) is 4.74 Å². The molecule has 0 saturated carbocycles. The fourth-order valence-corrected chi connectivity index (χ4v) is 3.70. The zero-order valence-electron chi connectivity index (χ0n) is 15.4. The van der Waals surface area contributed by atoms with E-state index in [1.165, 1.54) is 12.4 Å². The number of fused-ring (bicyclic) bond motifs is 1. The third kappa shape index (κ3) is 3.68. The van der Waals surface area contributed by atoms with Gasteiger partial charge in [0.2, 0.25) is 0 Å². The number of aromatic nitrogens is 4. The van der Waals surface area contributed by atoms with Crippen molar-refractivity contribution in [3.05, 3.63) is 36.4 Å². The fourth-order valence-electron chi connectivity index (χ4n) is 3.70. The number of anilines is 2. The molecule has 2 saturated heterocycles. The lowest BCUT2D eigenvalue weighted by molar-refractivity contribution is 0.0939. The van der Waals surface area contributed by atoms with Crippen LogP contribution in [-0.2, 0) is 4.74 Å². The summed E-state index contributed by atoms with van der Waals surface area (Å²) in [6, 6.07) is 3.65. The Bertz CT molecular complexity index is 801. The molecule has 9 heteroatoms. The summed E-state index contributed by atoms with van der Waals surface area (Å²) >= 11 is 0. The minimum Gasteiger partial charge on any atom is -0.376 e. The Labute approximate surface area is 157 Å². The second-order valence-electron chi connectivity index (χ2n) is 7.17. The van der Waals surface area contributed by atoms with Crippen molar-refractivity contribution in [3.63, 3.8) is 0 Å². The summed E-state index contributed by atoms with van der Waals surface area (Å²) in [5.41, 5.74) is 0.519. The zero-order valence-corrected chi connectivity index (χ0v) is 15.4. The molecule has 0 bridgehead atoms. The Balaban J connectivity index is 1.37. The van der Waals surface area contributed by atoms with Gasteiger partial charge < -0.3 is 19.9 Å². The molecule has 0 unspecified atom stereocenters. The Kier molecular flexibility index (Phi) is 4.85. The minimum absolute atomic E-state index is 0.130. The van der Waals surface area contributed by atoms with Crippen LogP contribution < -0.4 is 15.1 Å². The normalized spacial score (nSPS) is 23.9. The first-order valence-electron chi connectivity index (χ1n) is 9.02. The second kappa shape index (κ2) is 7.43. The molecule has 27 heavy (non-hydrogen) atoms. The SMILES string of the molecule is CN(C)c1cc(N2C[C@H]3[C@@H](CNC(=O)c4ccnnc4)CO[C@H]3C2)ncn1. The van der Waals surface area contributed by atoms with Gasteiger partial charge in [-0.3, -0.25) is 4.79 Å². The van der Waals surface area contributed by atoms with Crippen LogP contribution in [-0.4, -0.2) is 72.5 Å². The molecule has 1 N–H and O–H groups in total. The summed E-state index contributed by atoms with van der Waals surface area (Å²) in [6.45, 7) is 2.94. The fraction of sp³-hybridized carbons (Fsp3) is 0.500. The van der Waals surface area contributed by atoms with E-state index in [-0.39, 0.29) is 17.9 Å². The molecule has 0 aromatic carbocycles. The first-order valence-corrected chi connectivity index (χ1v) is 9.02. The lowest BCUT2D eigenvalue weighted by Gasteiger charge is -2.22. The molecule has 2 aromatic heterocycles. The van der Waals surface area contributed by atoms with Gasteiger partial charge in [-0.2, -0.15) is 10.2 Å². The largest absolute Gasteiger partial charge is 0.376 e. The number of hydrogen-bond donors (Lipinski definition) is 1. The van der Waals surface area contributed by atoms with Gasteiger partial charge in [0, 0.05) is 51.6 Å². The van der Waals surface area contributed by atoms with Crippen LogP contribution >= 0.6 is 0 Å². The monoisotopic (exact) mass is 369 g/mol. The highest BCUT2D eigenvalue weighted by atomic mass is 16.5. The van der Waals surface area contributed by atoms with E-state index in [1.807, 2.05) is 25.1 Å². The van der Waals surface area contributed by atoms with Crippen molar-refractivity contribution in [2.75, 3.05) is 50.1 Å². The smallest absolute Gasteiger partial charge is 0.252 e. The van der Waals surface area contributed by atoms with Crippen molar-refractivity contribution in [3.8, 4) is 0 Å². The molecule has 0 spiro atoms. The predicted octanol–water partition coefficient (Wildman–Crippen LogP) is 0.214. The van der Waals surface area contributed by atoms with Gasteiger partial charge in [-0.1, -0.05) is 0 Å². The molecule has 9 nitrogen and oxygen atoms in total. The van der Waals surface area contributed by atoms with Crippen LogP contribution in [0.25, 0.3) is 0 Å². The molecule has 4 rings (SSSR count). The quantitative estimate of drug-likeness (QED) is 0.799. The Morgan fingerprint density at radius 1 is 1.33 bits per heavy atom. The molecule has 142 valence electrons. The molecular formula is C18H23N7O2. The van der Waals surface area contributed by atoms with Crippen molar-refractivity contribution >= 4 is 17.5 Å². The maximum atomic E-state index is 12.2. The van der Waals surface area contributed by atoms with Gasteiger partial charge in [-0.25, -0.2) is 9.97 Å². The summed E-state index contributed by atoms with van der Waals surface area (Å²) in [5.74, 6) is 2.33. The second-order valence-corrected chi connectivity index (χ2v) is 7.17. The number of ether oxygens (including phenoxy) is 1. The van der Waals surface area contributed by atoms with Gasteiger partial charge in [-0.05, 0) is 6.07 Å². The third-order valence-electron chi connectivity index (χ3n) is 5.23. The highest BCUT2D eigenvalue weighted by molar-refractivity contribution is 5.93. The highest BCUT2D eigenvalue weighted by Gasteiger charge is 2.44. The minimum atomic E-state index is -0.130. The number of amides is 1. The standard InChI is InChI=1S/C18H23N7O2/c1-24(2)16-5-17(21-11-20-16)25-8-14-13(10-27-15(14)9-25)6-19-18(26)12-3-4-22-23-7-12/h3-5,7,11,13-15H,6,8-10H2,1-2H3,(H,19,26)/t13-,14-,15-/m0/s1. The highest BCUT2D eigenvalue weighted by Crippen LogP contribution is 2.35. The average Bonchev–Trinajstić information content (AvgIpc) is 3.28. The molecule has 2 fully saturated rings. The van der Waals surface area contributed by atoms with Crippen LogP contribution in [0.2, 0.25) is 0 Å². The van der Waals surface area contributed by atoms with Crippen molar-refractivity contribution in [1.29, 1.82) is 0 Å². The maximum absolute atomic E-state index is 12.2. The summed E-state index contributed by atoms with van der Waals surface area (Å²) < 4.78 is 5.99. The molecular weight excluding hydrogens is 346 g/mol. The van der Waals surface area contributed by atoms with Crippen molar-refractivity contribution in [1.82, 2.24) is 25.5 Å². The van der Waals surface area contributed by atoms with E-state index in [1.54, 1.807) is 12.4 Å². The summed E-state index contributed by atoms with van der Waals surface area (Å²) in [4.78, 5) is 25.1. The van der Waals surface area contributed by atoms with Gasteiger partial charge >= 0.3 is 0 Å². The predicted molar refractivity (Wildman–Crippen MR) is 99.7 cm³/mol. The molecule has 4 heterocycles. The van der Waals surface area contributed by atoms with Crippen LogP contribution in [0, 0.1) is 11.8 Å². The first-order chi connectivity index (χ1) is 13.1. The van der Waals surface area contributed by atoms with E-state index >= 15 is 0 Å². The van der Waals surface area contributed by atoms with Crippen LogP contribution in [0.3, 0.4) is 0 Å². The van der Waals surface area contributed by atoms with Gasteiger partial charge in [0.05, 0.1) is 30.7 Å². The van der Waals surface area contributed by atoms with Crippen molar-refractivity contribution in [2.24, 2.45) is 11.8 Å². The molecule has 1 amide bonds. The number of nitrogens with zero attached hydrogens (tertiary/aromatic N) is 6. The number of carbonyl (C=O) groups is 1. The molecule has 2 aliphatic heterocycles. The summed E-state index contributed by atoms with van der Waals surface area (Å²) in [6.07, 6.45) is 4.76. The maximum Gasteiger partial charge on any atom is 0.252 e. The van der Waals surface area contributed by atoms with Crippen molar-refractivity contribution in [2.45, 2.75) is 6.10 Å². The number of carbonyl (C=O) groups excluding carboxylic acids is 1. The van der Waals surface area contributed by atoms with Crippen LogP contribution in [0.1, 0.15) is 10.4 Å². The summed E-state index contributed by atoms with van der Waals surface area (Å²) in [5, 5.41) is 10.4. The zero-order chi connectivity index (χ0) is 18.8. The van der Waals surface area contributed by atoms with E-state index in [0.717, 1.165) is 24.7 Å². The lowest BCUT2D eigenvalue weighted by atomic mass is 9.93. The Morgan fingerprint density at radius 2 is 2.22 bits per heavy atom. The Hall–Kier alpha value is -2.81. The van der Waals surface area contributed by atoms with Gasteiger partial charge in [0.15, 0.2) is 0 Å². The van der Waals surface area contributed by atoms with Crippen LogP contribution in [0.4, 0.5) is 11.6 Å². The van der Waals surface area contributed by atoms with Gasteiger partial charge in [-0.15, -0.1) is 0 Å². The first kappa shape index (κ1) is 17.6. The molecule has 2 aromatic rings. The van der Waals surface area contributed by atoms with E-state index < -0.39 is 0 Å². The molecule has 0 aliphatic carbocycles. The Morgan fingerprint density at radius 3 is 3.00 bits per heavy atom. The lowest BCUT2D eigenvalue weighted by Crippen LogP contribution is -2.34. The van der Waals surface area contributed by atoms with Crippen LogP contribution in [0.5, 0.6) is 0 Å². The van der Waals surface area contributed by atoms with E-state index in [9.17, 15) is 4.79 Å². The van der Waals surface area contributed by atoms with Gasteiger partial charge in [0.25, 0.3) is 5.91 Å². The molecule has 0 radical (unpaired) electrons. The van der Waals surface area contributed by atoms with Crippen LogP contribution in [0.15, 0.2) is 30.9 Å². The average molecular weight is 369 g/mol. The summed E-state index contributed by atoms with van der Waals surface area (Å²) in [7, 11) is 3.93. The van der Waals surface area contributed by atoms with Gasteiger partial charge in [0.1, 0.15) is 18.0 Å². The van der Waals surface area contributed by atoms with E-state index in [2.05, 4.69) is 30.4 Å².